The number of hydrogen-bond acceptors (Lipinski definition) is 4. The van der Waals surface area contributed by atoms with Gasteiger partial charge >= 0.3 is 0 Å². The van der Waals surface area contributed by atoms with Crippen LogP contribution in [0.5, 0.6) is 0 Å². The Kier molecular flexibility index (Phi) is 8.00. The molecule has 1 aliphatic heterocycles. The Bertz CT molecular complexity index is 1510. The van der Waals surface area contributed by atoms with Crippen LogP contribution >= 0.6 is 23.2 Å². The number of hydrogen-bond donors (Lipinski definition) is 1. The topological polar surface area (TPSA) is 65.8 Å². The van der Waals surface area contributed by atoms with Crippen molar-refractivity contribution in [2.45, 2.75) is 0 Å². The van der Waals surface area contributed by atoms with Crippen LogP contribution in [0.4, 0.5) is 15.8 Å². The van der Waals surface area contributed by atoms with E-state index in [0.29, 0.717) is 53.4 Å². The molecule has 5 rings (SSSR count). The zero-order valence-electron chi connectivity index (χ0n) is 20.7. The van der Waals surface area contributed by atoms with Gasteiger partial charge in [-0.25, -0.2) is 4.39 Å². The molecule has 0 atom stereocenters. The second-order valence-electron chi connectivity index (χ2n) is 8.99. The molecular weight excluding hydrogens is 540 g/mol. The van der Waals surface area contributed by atoms with Crippen LogP contribution in [0.15, 0.2) is 89.4 Å². The summed E-state index contributed by atoms with van der Waals surface area (Å²) >= 11 is 12.1. The standard InChI is InChI=1S/C30H24Cl2FN3O3/c31-21-17-20(18-22(32)19-21)28-11-9-25(39-28)10-12-29(37)34-23-5-7-24(8-6-23)35-13-15-36(16-14-35)30(38)26-3-1-2-4-27(26)33/h1-12,17-19H,13-16H2,(H,34,37)/b12-10+. The zero-order valence-corrected chi connectivity index (χ0v) is 22.3. The highest BCUT2D eigenvalue weighted by Crippen LogP contribution is 2.29. The summed E-state index contributed by atoms with van der Waals surface area (Å²) in [5.41, 5.74) is 2.47. The lowest BCUT2D eigenvalue weighted by atomic mass is 10.1. The van der Waals surface area contributed by atoms with E-state index >= 15 is 0 Å². The van der Waals surface area contributed by atoms with Gasteiger partial charge in [-0.2, -0.15) is 0 Å². The molecule has 1 N–H and O–H groups in total. The lowest BCUT2D eigenvalue weighted by molar-refractivity contribution is -0.111. The molecule has 6 nitrogen and oxygen atoms in total. The van der Waals surface area contributed by atoms with Crippen molar-refractivity contribution in [3.63, 3.8) is 0 Å². The summed E-state index contributed by atoms with van der Waals surface area (Å²) < 4.78 is 19.8. The molecule has 1 aromatic heterocycles. The molecule has 0 unspecified atom stereocenters. The molecule has 4 aromatic rings. The molecule has 9 heteroatoms. The van der Waals surface area contributed by atoms with Crippen LogP contribution in [0.1, 0.15) is 16.1 Å². The van der Waals surface area contributed by atoms with Crippen LogP contribution in [0.2, 0.25) is 10.0 Å². The van der Waals surface area contributed by atoms with Crippen molar-refractivity contribution in [1.29, 1.82) is 0 Å². The molecule has 198 valence electrons. The molecule has 2 heterocycles. The summed E-state index contributed by atoms with van der Waals surface area (Å²) in [6.07, 6.45) is 2.98. The van der Waals surface area contributed by atoms with Crippen LogP contribution in [0, 0.1) is 5.82 Å². The van der Waals surface area contributed by atoms with Gasteiger partial charge in [0.25, 0.3) is 5.91 Å². The minimum atomic E-state index is -0.505. The first kappa shape index (κ1) is 26.5. The maximum Gasteiger partial charge on any atom is 0.256 e. The van der Waals surface area contributed by atoms with Crippen LogP contribution < -0.4 is 10.2 Å². The van der Waals surface area contributed by atoms with Crippen LogP contribution in [0.25, 0.3) is 17.4 Å². The number of furan rings is 1. The van der Waals surface area contributed by atoms with Crippen LogP contribution in [-0.2, 0) is 4.79 Å². The minimum Gasteiger partial charge on any atom is -0.457 e. The highest BCUT2D eigenvalue weighted by atomic mass is 35.5. The fourth-order valence-electron chi connectivity index (χ4n) is 4.36. The largest absolute Gasteiger partial charge is 0.457 e. The van der Waals surface area contributed by atoms with Gasteiger partial charge in [0.15, 0.2) is 0 Å². The first-order chi connectivity index (χ1) is 18.9. The molecule has 1 fully saturated rings. The smallest absolute Gasteiger partial charge is 0.256 e. The zero-order chi connectivity index (χ0) is 27.4. The molecule has 0 bridgehead atoms. The first-order valence-electron chi connectivity index (χ1n) is 12.3. The van der Waals surface area contributed by atoms with Crippen molar-refractivity contribution in [3.8, 4) is 11.3 Å². The maximum atomic E-state index is 14.0. The SMILES string of the molecule is O=C(/C=C/c1ccc(-c2cc(Cl)cc(Cl)c2)o1)Nc1ccc(N2CCN(C(=O)c3ccccc3F)CC2)cc1. The Morgan fingerprint density at radius 3 is 2.26 bits per heavy atom. The third kappa shape index (κ3) is 6.50. The number of carbonyl (C=O) groups is 2. The summed E-state index contributed by atoms with van der Waals surface area (Å²) in [6, 6.07) is 22.2. The number of nitrogens with zero attached hydrogens (tertiary/aromatic N) is 2. The highest BCUT2D eigenvalue weighted by molar-refractivity contribution is 6.35. The fraction of sp³-hybridized carbons (Fsp3) is 0.133. The summed E-state index contributed by atoms with van der Waals surface area (Å²) in [5.74, 6) is 0.00574. The van der Waals surface area contributed by atoms with E-state index in [9.17, 15) is 14.0 Å². The number of anilines is 2. The van der Waals surface area contributed by atoms with Gasteiger partial charge in [-0.15, -0.1) is 0 Å². The van der Waals surface area contributed by atoms with E-state index in [0.717, 1.165) is 11.3 Å². The van der Waals surface area contributed by atoms with Crippen molar-refractivity contribution >= 4 is 52.5 Å². The molecule has 2 amide bonds. The summed E-state index contributed by atoms with van der Waals surface area (Å²) in [5, 5.41) is 3.85. The van der Waals surface area contributed by atoms with Gasteiger partial charge in [0, 0.05) is 59.2 Å². The van der Waals surface area contributed by atoms with Gasteiger partial charge in [-0.3, -0.25) is 9.59 Å². The maximum absolute atomic E-state index is 14.0. The molecular formula is C30H24Cl2FN3O3. The second-order valence-corrected chi connectivity index (χ2v) is 9.86. The number of nitrogens with one attached hydrogen (secondary N) is 1. The quantitative estimate of drug-likeness (QED) is 0.256. The Balaban J connectivity index is 1.13. The first-order valence-corrected chi connectivity index (χ1v) is 13.1. The van der Waals surface area contributed by atoms with E-state index in [1.807, 2.05) is 24.3 Å². The molecule has 0 aliphatic carbocycles. The molecule has 3 aromatic carbocycles. The Labute approximate surface area is 235 Å². The highest BCUT2D eigenvalue weighted by Gasteiger charge is 2.24. The van der Waals surface area contributed by atoms with Gasteiger partial charge in [0.2, 0.25) is 5.91 Å². The average molecular weight is 564 g/mol. The monoisotopic (exact) mass is 563 g/mol. The van der Waals surface area contributed by atoms with E-state index in [1.54, 1.807) is 53.4 Å². The Hall–Kier alpha value is -4.07. The predicted molar refractivity (Wildman–Crippen MR) is 153 cm³/mol. The van der Waals surface area contributed by atoms with E-state index in [-0.39, 0.29) is 17.4 Å². The fourth-order valence-corrected chi connectivity index (χ4v) is 4.89. The molecule has 1 saturated heterocycles. The molecule has 0 saturated carbocycles. The van der Waals surface area contributed by atoms with E-state index < -0.39 is 5.82 Å². The molecule has 39 heavy (non-hydrogen) atoms. The second kappa shape index (κ2) is 11.8. The molecule has 1 aliphatic rings. The van der Waals surface area contributed by atoms with Crippen LogP contribution in [0.3, 0.4) is 0 Å². The average Bonchev–Trinajstić information content (AvgIpc) is 3.41. The predicted octanol–water partition coefficient (Wildman–Crippen LogP) is 7.01. The van der Waals surface area contributed by atoms with Crippen molar-refractivity contribution in [1.82, 2.24) is 4.90 Å². The summed E-state index contributed by atoms with van der Waals surface area (Å²) in [4.78, 5) is 28.9. The van der Waals surface area contributed by atoms with E-state index in [4.69, 9.17) is 27.6 Å². The van der Waals surface area contributed by atoms with Crippen molar-refractivity contribution < 1.29 is 18.4 Å². The van der Waals surface area contributed by atoms with Gasteiger partial charge in [0.1, 0.15) is 17.3 Å². The van der Waals surface area contributed by atoms with Gasteiger partial charge < -0.3 is 19.5 Å². The number of amides is 2. The minimum absolute atomic E-state index is 0.0959. The van der Waals surface area contributed by atoms with Crippen molar-refractivity contribution in [3.05, 3.63) is 112 Å². The Morgan fingerprint density at radius 2 is 1.56 bits per heavy atom. The van der Waals surface area contributed by atoms with Crippen molar-refractivity contribution in [2.24, 2.45) is 0 Å². The van der Waals surface area contributed by atoms with Crippen molar-refractivity contribution in [2.75, 3.05) is 36.4 Å². The molecule has 0 radical (unpaired) electrons. The number of carbonyl (C=O) groups excluding carboxylic acids is 2. The van der Waals surface area contributed by atoms with Gasteiger partial charge in [-0.1, -0.05) is 35.3 Å². The number of rotatable bonds is 6. The Morgan fingerprint density at radius 1 is 0.872 bits per heavy atom. The lowest BCUT2D eigenvalue weighted by Crippen LogP contribution is -2.49. The number of halogens is 3. The normalized spacial score (nSPS) is 13.6. The third-order valence-electron chi connectivity index (χ3n) is 6.34. The van der Waals surface area contributed by atoms with E-state index in [1.165, 1.54) is 18.2 Å². The van der Waals surface area contributed by atoms with Gasteiger partial charge in [-0.05, 0) is 72.8 Å². The lowest BCUT2D eigenvalue weighted by Gasteiger charge is -2.36. The molecule has 0 spiro atoms. The van der Waals surface area contributed by atoms with Crippen LogP contribution in [-0.4, -0.2) is 42.9 Å². The number of benzene rings is 3. The number of piperazine rings is 1. The van der Waals surface area contributed by atoms with E-state index in [2.05, 4.69) is 10.2 Å². The summed E-state index contributed by atoms with van der Waals surface area (Å²) in [6.45, 7) is 2.24. The third-order valence-corrected chi connectivity index (χ3v) is 6.78. The summed E-state index contributed by atoms with van der Waals surface area (Å²) in [7, 11) is 0. The van der Waals surface area contributed by atoms with Gasteiger partial charge in [0.05, 0.1) is 5.56 Å².